The molecule has 2 aliphatic heterocycles. The van der Waals surface area contributed by atoms with Gasteiger partial charge in [-0.1, -0.05) is 36.4 Å². The molecule has 364 valence electrons. The van der Waals surface area contributed by atoms with Crippen LogP contribution in [0.15, 0.2) is 106 Å². The molecule has 12 atom stereocenters. The van der Waals surface area contributed by atoms with Crippen molar-refractivity contribution in [1.29, 1.82) is 0 Å². The monoisotopic (exact) mass is 956 g/mol. The molecule has 0 unspecified atom stereocenters. The maximum atomic E-state index is 14.8. The Hall–Kier alpha value is -6.65. The van der Waals surface area contributed by atoms with E-state index in [1.54, 1.807) is 0 Å². The van der Waals surface area contributed by atoms with Gasteiger partial charge in [-0.05, 0) is 47.5 Å². The third-order valence-electron chi connectivity index (χ3n) is 11.9. The predicted octanol–water partition coefficient (Wildman–Crippen LogP) is -3.78. The topological polar surface area (TPSA) is 448 Å². The molecule has 24 heteroatoms. The van der Waals surface area contributed by atoms with E-state index < -0.39 is 166 Å². The number of hydrogen-bond donors (Lipinski definition) is 17. The third kappa shape index (κ3) is 8.37. The van der Waals surface area contributed by atoms with Gasteiger partial charge in [-0.25, -0.2) is 0 Å². The number of rotatable bonds is 11. The van der Waals surface area contributed by atoms with Crippen LogP contribution in [0.1, 0.15) is 11.1 Å². The zero-order chi connectivity index (χ0) is 50.5. The minimum atomic E-state index is -4.19. The number of phenolic OH excluding ortho intramolecular Hbond substituents is 2. The molecule has 2 fully saturated rings. The van der Waals surface area contributed by atoms with Crippen molar-refractivity contribution in [2.75, 3.05) is 13.2 Å². The van der Waals surface area contributed by atoms with E-state index in [0.717, 1.165) is 12.2 Å². The van der Waals surface area contributed by atoms with Crippen molar-refractivity contribution in [3.63, 3.8) is 0 Å². The summed E-state index contributed by atoms with van der Waals surface area (Å²) in [6.07, 6.45) is -21.5. The maximum absolute atomic E-state index is 14.8. The molecule has 0 saturated carbocycles. The smallest absolute Gasteiger partial charge is 0.316 e. The molecule has 2 aromatic rings. The number of aliphatic carboxylic acids is 1. The zero-order valence-corrected chi connectivity index (χ0v) is 34.7. The maximum Gasteiger partial charge on any atom is 0.316 e. The number of Topliss-reactive ketones (excluding diaryl/α,β-unsaturated/α-hetero) is 4. The average Bonchev–Trinajstić information content (AvgIpc) is 3.30. The van der Waals surface area contributed by atoms with Crippen LogP contribution in [0.25, 0.3) is 12.2 Å². The number of ketones is 4. The van der Waals surface area contributed by atoms with Gasteiger partial charge in [0.25, 0.3) is 0 Å². The van der Waals surface area contributed by atoms with Crippen LogP contribution in [0.4, 0.5) is 0 Å². The summed E-state index contributed by atoms with van der Waals surface area (Å²) in [5, 5.41) is 186. The van der Waals surface area contributed by atoms with Crippen molar-refractivity contribution < 1.29 is 120 Å². The summed E-state index contributed by atoms with van der Waals surface area (Å²) in [5.41, 5.74) is -15.2. The average molecular weight is 957 g/mol. The standard InChI is InChI=1S/C44H44O24/c45-13-21-28(51)32(55)34(57)40(67-21)43(65)36(59)23(19(49)11-5-15-1-7-17(47)8-2-15)30(53)26(38(43)61)25(42(63)64)27-31(54)24(20(50)12-6-16-3-9-18(48)10-4-16)37(60)44(66,39(27)62)41-35(58)33(56)29(52)22(14-46)68-41/h1-12,21-22,25,28-29,32-35,40-41,45-58,65-66H,13-14H2,(H,63,64)/b11-5+,12-6+,23-19?,24-20?/t21-,22-,25?,28-,29-,32+,33+,34-,35-,40+,41+,43+,44+/m1/s1. The van der Waals surface area contributed by atoms with Crippen LogP contribution in [0.3, 0.4) is 0 Å². The van der Waals surface area contributed by atoms with E-state index in [9.17, 15) is 111 Å². The predicted molar refractivity (Wildman–Crippen MR) is 221 cm³/mol. The highest BCUT2D eigenvalue weighted by atomic mass is 16.6. The number of carboxylic acid groups (broad SMARTS) is 1. The Balaban J connectivity index is 1.68. The molecule has 0 radical (unpaired) electrons. The van der Waals surface area contributed by atoms with Crippen LogP contribution >= 0.6 is 0 Å². The summed E-state index contributed by atoms with van der Waals surface area (Å²) in [6.45, 7) is -2.51. The second-order valence-corrected chi connectivity index (χ2v) is 16.0. The summed E-state index contributed by atoms with van der Waals surface area (Å²) >= 11 is 0. The molecule has 2 heterocycles. The summed E-state index contributed by atoms with van der Waals surface area (Å²) < 4.78 is 10.6. The van der Waals surface area contributed by atoms with Crippen molar-refractivity contribution in [2.24, 2.45) is 5.92 Å². The highest BCUT2D eigenvalue weighted by Gasteiger charge is 2.68. The lowest BCUT2D eigenvalue weighted by atomic mass is 9.64. The van der Waals surface area contributed by atoms with Gasteiger partial charge in [0.2, 0.25) is 34.3 Å². The summed E-state index contributed by atoms with van der Waals surface area (Å²) in [7, 11) is 0. The quantitative estimate of drug-likeness (QED) is 0.0584. The summed E-state index contributed by atoms with van der Waals surface area (Å²) in [6, 6.07) is 9.68. The van der Waals surface area contributed by atoms with Gasteiger partial charge >= 0.3 is 5.97 Å². The highest BCUT2D eigenvalue weighted by Crippen LogP contribution is 2.47. The Morgan fingerprint density at radius 1 is 0.529 bits per heavy atom. The van der Waals surface area contributed by atoms with Gasteiger partial charge in [0.15, 0.2) is 0 Å². The van der Waals surface area contributed by atoms with Crippen molar-refractivity contribution in [3.05, 3.63) is 117 Å². The fourth-order valence-electron chi connectivity index (χ4n) is 8.20. The third-order valence-corrected chi connectivity index (χ3v) is 11.9. The first-order valence-corrected chi connectivity index (χ1v) is 20.0. The van der Waals surface area contributed by atoms with Gasteiger partial charge < -0.3 is 96.3 Å². The van der Waals surface area contributed by atoms with Crippen molar-refractivity contribution in [2.45, 2.75) is 72.2 Å². The minimum absolute atomic E-state index is 0.143. The number of carboxylic acids is 1. The van der Waals surface area contributed by atoms with Gasteiger partial charge in [0.1, 0.15) is 113 Å². The molecule has 0 aromatic heterocycles. The molecular weight excluding hydrogens is 912 g/mol. The first-order chi connectivity index (χ1) is 31.9. The first kappa shape index (κ1) is 50.8. The molecule has 24 nitrogen and oxygen atoms in total. The Bertz CT molecular complexity index is 2400. The molecule has 0 spiro atoms. The van der Waals surface area contributed by atoms with Crippen LogP contribution < -0.4 is 0 Å². The van der Waals surface area contributed by atoms with E-state index in [1.807, 2.05) is 0 Å². The lowest BCUT2D eigenvalue weighted by Crippen LogP contribution is -2.72. The fourth-order valence-corrected chi connectivity index (χ4v) is 8.20. The Morgan fingerprint density at radius 2 is 0.853 bits per heavy atom. The molecule has 6 rings (SSSR count). The molecule has 4 aliphatic rings. The fraction of sp³-hybridized carbons (Fsp3) is 0.341. The number of aliphatic hydroxyl groups excluding tert-OH is 12. The van der Waals surface area contributed by atoms with Gasteiger partial charge in [0, 0.05) is 0 Å². The second-order valence-electron chi connectivity index (χ2n) is 16.0. The SMILES string of the molecule is O=C(O)C(C1=C(O)C(=C(O)/C=C/c2ccc(O)cc2)C(=O)[C@@](O)([C@H]2O[C@H](CO)[C@@H](O)[C@H](O)[C@H]2O)C1=O)C1=C(O)C(=C(O)/C=C/c2ccc(O)cc2)C(=O)[C@@](O)([C@H]2O[C@H](CO)[C@@H](O)[C@H](O)[C@H]2O)C1=O. The number of aliphatic hydroxyl groups is 14. The minimum Gasteiger partial charge on any atom is -0.508 e. The van der Waals surface area contributed by atoms with Crippen LogP contribution in [-0.4, -0.2) is 201 Å². The first-order valence-electron chi connectivity index (χ1n) is 20.0. The van der Waals surface area contributed by atoms with Crippen LogP contribution in [-0.2, 0) is 33.4 Å². The number of carbonyl (C=O) groups excluding carboxylic acids is 4. The second kappa shape index (κ2) is 19.2. The van der Waals surface area contributed by atoms with E-state index in [-0.39, 0.29) is 22.6 Å². The molecule has 0 amide bonds. The number of benzene rings is 2. The Morgan fingerprint density at radius 3 is 1.15 bits per heavy atom. The van der Waals surface area contributed by atoms with E-state index >= 15 is 0 Å². The number of ether oxygens (including phenoxy) is 2. The van der Waals surface area contributed by atoms with Crippen molar-refractivity contribution >= 4 is 41.3 Å². The largest absolute Gasteiger partial charge is 0.508 e. The molecule has 17 N–H and O–H groups in total. The van der Waals surface area contributed by atoms with Gasteiger partial charge in [-0.15, -0.1) is 0 Å². The van der Waals surface area contributed by atoms with Gasteiger partial charge in [-0.3, -0.25) is 24.0 Å². The highest BCUT2D eigenvalue weighted by molar-refractivity contribution is 6.32. The molecule has 2 saturated heterocycles. The molecular formula is C44H44O24. The number of aromatic hydroxyl groups is 2. The van der Waals surface area contributed by atoms with E-state index in [4.69, 9.17) is 9.47 Å². The number of carbonyl (C=O) groups is 5. The number of hydrogen-bond acceptors (Lipinski definition) is 23. The molecule has 2 aromatic carbocycles. The lowest BCUT2D eigenvalue weighted by Gasteiger charge is -2.48. The molecule has 0 bridgehead atoms. The molecule has 2 aliphatic carbocycles. The van der Waals surface area contributed by atoms with E-state index in [0.29, 0.717) is 12.2 Å². The summed E-state index contributed by atoms with van der Waals surface area (Å²) in [4.78, 5) is 72.1. The van der Waals surface area contributed by atoms with Crippen molar-refractivity contribution in [3.8, 4) is 11.5 Å². The van der Waals surface area contributed by atoms with Gasteiger partial charge in [0.05, 0.1) is 24.4 Å². The lowest BCUT2D eigenvalue weighted by molar-refractivity contribution is -0.260. The van der Waals surface area contributed by atoms with Crippen LogP contribution in [0.2, 0.25) is 0 Å². The van der Waals surface area contributed by atoms with Gasteiger partial charge in [-0.2, -0.15) is 0 Å². The Kier molecular flexibility index (Phi) is 14.3. The number of allylic oxidation sites excluding steroid dienone is 4. The summed E-state index contributed by atoms with van der Waals surface area (Å²) in [5.74, 6) is -22.2. The van der Waals surface area contributed by atoms with Crippen LogP contribution in [0, 0.1) is 5.92 Å². The number of phenols is 2. The molecule has 68 heavy (non-hydrogen) atoms. The normalized spacial score (nSPS) is 34.8. The van der Waals surface area contributed by atoms with E-state index in [1.165, 1.54) is 48.5 Å². The zero-order valence-electron chi connectivity index (χ0n) is 34.7. The van der Waals surface area contributed by atoms with Crippen LogP contribution in [0.5, 0.6) is 11.5 Å². The van der Waals surface area contributed by atoms with E-state index in [2.05, 4.69) is 0 Å². The van der Waals surface area contributed by atoms with Crippen molar-refractivity contribution in [1.82, 2.24) is 0 Å². The Labute approximate surface area is 381 Å².